The quantitative estimate of drug-likeness (QED) is 0.642. The first kappa shape index (κ1) is 13.4. The Kier molecular flexibility index (Phi) is 2.91. The fourth-order valence-electron chi connectivity index (χ4n) is 6.97. The first-order chi connectivity index (χ1) is 9.55. The molecule has 0 saturated heterocycles. The molecular weight excluding hydrogens is 244 g/mol. The normalized spacial score (nSPS) is 57.9. The summed E-state index contributed by atoms with van der Waals surface area (Å²) in [5.74, 6) is 3.01. The molecule has 0 bridgehead atoms. The zero-order valence-corrected chi connectivity index (χ0v) is 13.1. The van der Waals surface area contributed by atoms with Crippen molar-refractivity contribution in [1.82, 2.24) is 0 Å². The smallest absolute Gasteiger partial charge is 0.0581 e. The van der Waals surface area contributed by atoms with E-state index in [9.17, 15) is 5.11 Å². The summed E-state index contributed by atoms with van der Waals surface area (Å²) in [7, 11) is 0. The van der Waals surface area contributed by atoms with Gasteiger partial charge in [0.1, 0.15) is 0 Å². The second-order valence-electron chi connectivity index (χ2n) is 8.77. The van der Waals surface area contributed by atoms with Crippen molar-refractivity contribution in [3.05, 3.63) is 12.2 Å². The second-order valence-corrected chi connectivity index (χ2v) is 8.77. The van der Waals surface area contributed by atoms with Crippen LogP contribution in [0, 0.1) is 34.5 Å². The van der Waals surface area contributed by atoms with Crippen molar-refractivity contribution in [3.63, 3.8) is 0 Å². The summed E-state index contributed by atoms with van der Waals surface area (Å²) < 4.78 is 0. The summed E-state index contributed by atoms with van der Waals surface area (Å²) in [5.41, 5.74) is 0.829. The number of hydrogen-bond donors (Lipinski definition) is 1. The lowest BCUT2D eigenvalue weighted by atomic mass is 9.45. The van der Waals surface area contributed by atoms with Gasteiger partial charge in [-0.05, 0) is 79.4 Å². The van der Waals surface area contributed by atoms with Gasteiger partial charge in [0.2, 0.25) is 0 Å². The molecule has 20 heavy (non-hydrogen) atoms. The predicted molar refractivity (Wildman–Crippen MR) is 82.3 cm³/mol. The summed E-state index contributed by atoms with van der Waals surface area (Å²) >= 11 is 0. The second kappa shape index (κ2) is 4.35. The van der Waals surface area contributed by atoms with E-state index >= 15 is 0 Å². The van der Waals surface area contributed by atoms with Gasteiger partial charge in [0.05, 0.1) is 6.10 Å². The van der Waals surface area contributed by atoms with Crippen molar-refractivity contribution >= 4 is 0 Å². The van der Waals surface area contributed by atoms with Crippen LogP contribution in [0.3, 0.4) is 0 Å². The van der Waals surface area contributed by atoms with Crippen LogP contribution in [0.2, 0.25) is 0 Å². The van der Waals surface area contributed by atoms with E-state index in [1.54, 1.807) is 0 Å². The van der Waals surface area contributed by atoms with E-state index in [2.05, 4.69) is 26.0 Å². The van der Waals surface area contributed by atoms with Gasteiger partial charge in [-0.2, -0.15) is 0 Å². The maximum atomic E-state index is 11.0. The van der Waals surface area contributed by atoms with Crippen molar-refractivity contribution < 1.29 is 5.11 Å². The van der Waals surface area contributed by atoms with Crippen LogP contribution in [0.5, 0.6) is 0 Å². The molecule has 4 rings (SSSR count). The highest BCUT2D eigenvalue weighted by atomic mass is 16.3. The average Bonchev–Trinajstić information content (AvgIpc) is 2.78. The maximum Gasteiger partial charge on any atom is 0.0581 e. The Morgan fingerprint density at radius 3 is 2.80 bits per heavy atom. The molecule has 0 aromatic heterocycles. The van der Waals surface area contributed by atoms with Gasteiger partial charge in [-0.15, -0.1) is 0 Å². The maximum absolute atomic E-state index is 11.0. The highest BCUT2D eigenvalue weighted by Crippen LogP contribution is 2.65. The Hall–Kier alpha value is -0.300. The molecule has 0 aliphatic heterocycles. The van der Waals surface area contributed by atoms with E-state index in [1.165, 1.54) is 44.9 Å². The highest BCUT2D eigenvalue weighted by molar-refractivity contribution is 5.14. The fraction of sp³-hybridized carbons (Fsp3) is 0.895. The highest BCUT2D eigenvalue weighted by Gasteiger charge is 2.59. The number of fused-ring (bicyclic) bond motifs is 5. The van der Waals surface area contributed by atoms with E-state index in [-0.39, 0.29) is 6.10 Å². The third-order valence-electron chi connectivity index (χ3n) is 7.86. The summed E-state index contributed by atoms with van der Waals surface area (Å²) in [6, 6.07) is 0. The van der Waals surface area contributed by atoms with Crippen LogP contribution in [0.1, 0.15) is 65.2 Å². The van der Waals surface area contributed by atoms with Crippen LogP contribution in [-0.2, 0) is 0 Å². The Bertz CT molecular complexity index is 427. The minimum absolute atomic E-state index is 0.0429. The van der Waals surface area contributed by atoms with Gasteiger partial charge in [-0.25, -0.2) is 0 Å². The summed E-state index contributed by atoms with van der Waals surface area (Å²) in [4.78, 5) is 0. The number of aliphatic hydroxyl groups excluding tert-OH is 1. The number of aliphatic hydroxyl groups is 1. The zero-order chi connectivity index (χ0) is 14.0. The molecule has 7 atom stereocenters. The van der Waals surface area contributed by atoms with Crippen LogP contribution >= 0.6 is 0 Å². The van der Waals surface area contributed by atoms with Gasteiger partial charge >= 0.3 is 0 Å². The number of hydrogen-bond acceptors (Lipinski definition) is 1. The molecular formula is C19H30O. The molecule has 3 saturated carbocycles. The number of allylic oxidation sites excluding steroid dienone is 2. The molecule has 0 amide bonds. The molecule has 0 radical (unpaired) electrons. The van der Waals surface area contributed by atoms with Crippen molar-refractivity contribution in [3.8, 4) is 0 Å². The topological polar surface area (TPSA) is 20.2 Å². The standard InChI is InChI=1S/C19H30O/c1-18-10-5-7-15(18)14-9-8-13-6-3-4-11-19(13,2)17(14)16(20)12-18/h3,6,13-17,20H,4-5,7-12H2,1-2H3/t13?,14-,15-,16?,17+,18-,19-/m0/s1. The van der Waals surface area contributed by atoms with E-state index in [4.69, 9.17) is 0 Å². The van der Waals surface area contributed by atoms with Gasteiger partial charge in [0, 0.05) is 0 Å². The Morgan fingerprint density at radius 2 is 1.95 bits per heavy atom. The molecule has 0 aromatic rings. The summed E-state index contributed by atoms with van der Waals surface area (Å²) in [5, 5.41) is 11.0. The minimum atomic E-state index is -0.0429. The van der Waals surface area contributed by atoms with Crippen LogP contribution in [0.15, 0.2) is 12.2 Å². The molecule has 4 aliphatic rings. The predicted octanol–water partition coefficient (Wildman–Crippen LogP) is 4.56. The largest absolute Gasteiger partial charge is 0.393 e. The summed E-state index contributed by atoms with van der Waals surface area (Å²) in [6.45, 7) is 4.97. The lowest BCUT2D eigenvalue weighted by Gasteiger charge is -2.60. The first-order valence-corrected chi connectivity index (χ1v) is 8.89. The van der Waals surface area contributed by atoms with Gasteiger partial charge in [0.15, 0.2) is 0 Å². The van der Waals surface area contributed by atoms with Crippen LogP contribution in [0.25, 0.3) is 0 Å². The van der Waals surface area contributed by atoms with Crippen LogP contribution in [0.4, 0.5) is 0 Å². The molecule has 3 fully saturated rings. The fourth-order valence-corrected chi connectivity index (χ4v) is 6.97. The Balaban J connectivity index is 1.72. The molecule has 112 valence electrons. The first-order valence-electron chi connectivity index (χ1n) is 8.89. The molecule has 0 spiro atoms. The molecule has 1 heteroatoms. The Labute approximate surface area is 123 Å². The van der Waals surface area contributed by atoms with E-state index in [0.29, 0.717) is 16.7 Å². The van der Waals surface area contributed by atoms with Crippen LogP contribution in [-0.4, -0.2) is 11.2 Å². The monoisotopic (exact) mass is 274 g/mol. The van der Waals surface area contributed by atoms with Gasteiger partial charge in [-0.1, -0.05) is 32.4 Å². The molecule has 2 unspecified atom stereocenters. The van der Waals surface area contributed by atoms with Gasteiger partial charge in [-0.3, -0.25) is 0 Å². The third kappa shape index (κ3) is 1.65. The van der Waals surface area contributed by atoms with Crippen molar-refractivity contribution in [2.75, 3.05) is 0 Å². The minimum Gasteiger partial charge on any atom is -0.393 e. The summed E-state index contributed by atoms with van der Waals surface area (Å²) in [6.07, 6.45) is 15.4. The van der Waals surface area contributed by atoms with E-state index in [0.717, 1.165) is 24.2 Å². The van der Waals surface area contributed by atoms with Crippen LogP contribution < -0.4 is 0 Å². The zero-order valence-electron chi connectivity index (χ0n) is 13.1. The molecule has 0 aromatic carbocycles. The SMILES string of the molecule is C[C@@]12CCC[C@H]1[C@@H]1CCC3C=CCC[C@]3(C)[C@H]1C(O)C2. The van der Waals surface area contributed by atoms with E-state index in [1.807, 2.05) is 0 Å². The molecule has 4 aliphatic carbocycles. The lowest BCUT2D eigenvalue weighted by Crippen LogP contribution is -2.56. The van der Waals surface area contributed by atoms with Gasteiger partial charge in [0.25, 0.3) is 0 Å². The van der Waals surface area contributed by atoms with Crippen molar-refractivity contribution in [2.45, 2.75) is 71.3 Å². The van der Waals surface area contributed by atoms with Crippen molar-refractivity contribution in [2.24, 2.45) is 34.5 Å². The molecule has 0 heterocycles. The average molecular weight is 274 g/mol. The third-order valence-corrected chi connectivity index (χ3v) is 7.86. The van der Waals surface area contributed by atoms with Gasteiger partial charge < -0.3 is 5.11 Å². The molecule has 1 nitrogen and oxygen atoms in total. The molecule has 1 N–H and O–H groups in total. The number of rotatable bonds is 0. The van der Waals surface area contributed by atoms with E-state index < -0.39 is 0 Å². The Morgan fingerprint density at radius 1 is 1.10 bits per heavy atom. The van der Waals surface area contributed by atoms with Crippen molar-refractivity contribution in [1.29, 1.82) is 0 Å². The lowest BCUT2D eigenvalue weighted by molar-refractivity contribution is -0.148.